The van der Waals surface area contributed by atoms with Gasteiger partial charge in [0, 0.05) is 48.6 Å². The van der Waals surface area contributed by atoms with Crippen LogP contribution in [0.15, 0.2) is 66.5 Å². The summed E-state index contributed by atoms with van der Waals surface area (Å²) in [6.07, 6.45) is 3.86. The van der Waals surface area contributed by atoms with E-state index in [1.165, 1.54) is 5.56 Å². The summed E-state index contributed by atoms with van der Waals surface area (Å²) in [5.74, 6) is 6.61. The van der Waals surface area contributed by atoms with Crippen molar-refractivity contribution in [2.75, 3.05) is 20.3 Å². The molecule has 1 unspecified atom stereocenters. The minimum Gasteiger partial charge on any atom is -0.401 e. The summed E-state index contributed by atoms with van der Waals surface area (Å²) in [6.45, 7) is 7.49. The van der Waals surface area contributed by atoms with E-state index in [9.17, 15) is 0 Å². The van der Waals surface area contributed by atoms with Crippen LogP contribution >= 0.6 is 0 Å². The molecule has 1 atom stereocenters. The van der Waals surface area contributed by atoms with Crippen molar-refractivity contribution in [3.8, 4) is 0 Å². The Bertz CT molecular complexity index is 1440. The van der Waals surface area contributed by atoms with Crippen LogP contribution in [0.3, 0.4) is 0 Å². The Morgan fingerprint density at radius 1 is 1.08 bits per heavy atom. The summed E-state index contributed by atoms with van der Waals surface area (Å²) in [5, 5.41) is 2.67. The van der Waals surface area contributed by atoms with Crippen molar-refractivity contribution in [3.05, 3.63) is 83.2 Å². The number of aromatic nitrogens is 2. The lowest BCUT2D eigenvalue weighted by Gasteiger charge is -2.33. The van der Waals surface area contributed by atoms with Gasteiger partial charge >= 0.3 is 0 Å². The number of allylic oxidation sites excluding steroid dienone is 1. The Morgan fingerprint density at radius 2 is 1.78 bits per heavy atom. The van der Waals surface area contributed by atoms with Crippen molar-refractivity contribution in [2.45, 2.75) is 45.2 Å². The van der Waals surface area contributed by atoms with E-state index in [0.717, 1.165) is 64.8 Å². The summed E-state index contributed by atoms with van der Waals surface area (Å²) in [6, 6.07) is 19.6. The minimum atomic E-state index is -0.468. The quantitative estimate of drug-likeness (QED) is 0.259. The molecule has 194 valence electrons. The highest BCUT2D eigenvalue weighted by Crippen LogP contribution is 2.41. The molecule has 0 amide bonds. The van der Waals surface area contributed by atoms with E-state index >= 15 is 0 Å². The van der Waals surface area contributed by atoms with E-state index < -0.39 is 5.54 Å². The van der Waals surface area contributed by atoms with Gasteiger partial charge in [-0.2, -0.15) is 0 Å². The topological polar surface area (TPSA) is 108 Å². The first-order chi connectivity index (χ1) is 17.7. The molecule has 0 aliphatic carbocycles. The van der Waals surface area contributed by atoms with Gasteiger partial charge in [-0.25, -0.2) is 5.84 Å². The first kappa shape index (κ1) is 25.3. The van der Waals surface area contributed by atoms with Crippen LogP contribution in [0.25, 0.3) is 27.6 Å². The number of hydrazine groups is 1. The van der Waals surface area contributed by atoms with E-state index in [4.69, 9.17) is 27.0 Å². The average Bonchev–Trinajstić information content (AvgIpc) is 3.18. The minimum absolute atomic E-state index is 0.111. The van der Waals surface area contributed by atoms with Crippen LogP contribution in [0.4, 0.5) is 0 Å². The Hall–Kier alpha value is -3.39. The third kappa shape index (κ3) is 4.70. The molecule has 0 radical (unpaired) electrons. The van der Waals surface area contributed by atoms with E-state index in [-0.39, 0.29) is 6.04 Å². The number of nitrogens with two attached hydrogens (primary N) is 3. The van der Waals surface area contributed by atoms with Crippen molar-refractivity contribution in [2.24, 2.45) is 23.2 Å². The molecule has 0 saturated carbocycles. The van der Waals surface area contributed by atoms with Gasteiger partial charge < -0.3 is 25.8 Å². The maximum absolute atomic E-state index is 6.57. The molecule has 5 rings (SSSR count). The smallest absolute Gasteiger partial charge is 0.0960 e. The van der Waals surface area contributed by atoms with Gasteiger partial charge in [0.25, 0.3) is 0 Å². The molecule has 1 fully saturated rings. The van der Waals surface area contributed by atoms with Crippen LogP contribution in [0.2, 0.25) is 0 Å². The Labute approximate surface area is 218 Å². The fraction of sp³-hybridized carbons (Fsp3) is 0.367. The summed E-state index contributed by atoms with van der Waals surface area (Å²) >= 11 is 0. The Kier molecular flexibility index (Phi) is 6.70. The molecule has 2 aromatic heterocycles. The third-order valence-electron chi connectivity index (χ3n) is 7.51. The second-order valence-corrected chi connectivity index (χ2v) is 10.9. The van der Waals surface area contributed by atoms with Crippen molar-refractivity contribution in [3.63, 3.8) is 0 Å². The molecule has 4 aromatic rings. The second-order valence-electron chi connectivity index (χ2n) is 10.9. The van der Waals surface area contributed by atoms with Crippen LogP contribution in [-0.4, -0.2) is 34.8 Å². The monoisotopic (exact) mass is 498 g/mol. The highest BCUT2D eigenvalue weighted by molar-refractivity contribution is 6.06. The van der Waals surface area contributed by atoms with E-state index in [2.05, 4.69) is 59.2 Å². The fourth-order valence-electron chi connectivity index (χ4n) is 5.76. The molecular weight excluding hydrogens is 460 g/mol. The van der Waals surface area contributed by atoms with Gasteiger partial charge in [-0.15, -0.1) is 0 Å². The van der Waals surface area contributed by atoms with Gasteiger partial charge in [0.05, 0.1) is 28.3 Å². The lowest BCUT2D eigenvalue weighted by molar-refractivity contribution is 0.0553. The van der Waals surface area contributed by atoms with Crippen LogP contribution < -0.4 is 17.3 Å². The molecule has 0 bridgehead atoms. The highest BCUT2D eigenvalue weighted by atomic mass is 16.5. The van der Waals surface area contributed by atoms with Crippen molar-refractivity contribution < 1.29 is 4.74 Å². The molecule has 3 heterocycles. The zero-order valence-electron chi connectivity index (χ0n) is 22.2. The number of hydrogen-bond acceptors (Lipinski definition) is 6. The SMILES string of the molecule is C/C(N)=C(\c1cnc2c3ccc(C(C)(C)N)cc3n(C(c3ccccc3)C3CCOCC3)c2c1)N(C)N. The number of pyridine rings is 1. The van der Waals surface area contributed by atoms with E-state index in [1.807, 2.05) is 27.0 Å². The zero-order valence-corrected chi connectivity index (χ0v) is 22.2. The predicted octanol–water partition coefficient (Wildman–Crippen LogP) is 4.85. The average molecular weight is 499 g/mol. The van der Waals surface area contributed by atoms with E-state index in [1.54, 1.807) is 12.1 Å². The van der Waals surface area contributed by atoms with Crippen LogP contribution in [0.5, 0.6) is 0 Å². The first-order valence-corrected chi connectivity index (χ1v) is 13.0. The fourth-order valence-corrected chi connectivity index (χ4v) is 5.76. The largest absolute Gasteiger partial charge is 0.401 e. The summed E-state index contributed by atoms with van der Waals surface area (Å²) < 4.78 is 8.24. The number of fused-ring (bicyclic) bond motifs is 3. The molecule has 1 aliphatic rings. The molecule has 0 spiro atoms. The molecule has 6 N–H and O–H groups in total. The molecule has 7 nitrogen and oxygen atoms in total. The number of rotatable bonds is 6. The van der Waals surface area contributed by atoms with Crippen molar-refractivity contribution in [1.82, 2.24) is 14.6 Å². The number of nitrogens with zero attached hydrogens (tertiary/aromatic N) is 3. The highest BCUT2D eigenvalue weighted by Gasteiger charge is 2.31. The van der Waals surface area contributed by atoms with Gasteiger partial charge in [0.2, 0.25) is 0 Å². The summed E-state index contributed by atoms with van der Waals surface area (Å²) in [7, 11) is 1.80. The van der Waals surface area contributed by atoms with Gasteiger partial charge in [-0.05, 0) is 62.8 Å². The zero-order chi connectivity index (χ0) is 26.3. The molecule has 37 heavy (non-hydrogen) atoms. The van der Waals surface area contributed by atoms with Crippen LogP contribution in [0.1, 0.15) is 56.3 Å². The molecular formula is C30H38N6O. The first-order valence-electron chi connectivity index (χ1n) is 13.0. The van der Waals surface area contributed by atoms with Gasteiger partial charge in [0.1, 0.15) is 0 Å². The third-order valence-corrected chi connectivity index (χ3v) is 7.51. The Balaban J connectivity index is 1.87. The molecule has 1 aliphatic heterocycles. The number of hydrogen-bond donors (Lipinski definition) is 3. The Morgan fingerprint density at radius 3 is 2.41 bits per heavy atom. The maximum Gasteiger partial charge on any atom is 0.0960 e. The lowest BCUT2D eigenvalue weighted by atomic mass is 9.86. The van der Waals surface area contributed by atoms with E-state index in [0.29, 0.717) is 11.6 Å². The van der Waals surface area contributed by atoms with Crippen LogP contribution in [0, 0.1) is 5.92 Å². The molecule has 1 saturated heterocycles. The standard InChI is InChI=1S/C30H38N6O/c1-19(31)28(35(4)33)22-16-26-27(34-18-22)24-11-10-23(30(2,3)32)17-25(24)36(26)29(20-8-6-5-7-9-20)21-12-14-37-15-13-21/h5-11,16-18,21,29H,12-15,31-33H2,1-4H3/b28-19-. The van der Waals surface area contributed by atoms with Gasteiger partial charge in [-0.3, -0.25) is 4.98 Å². The predicted molar refractivity (Wildman–Crippen MR) is 151 cm³/mol. The summed E-state index contributed by atoms with van der Waals surface area (Å²) in [5.41, 5.74) is 20.2. The number of ether oxygens (including phenoxy) is 1. The second kappa shape index (κ2) is 9.82. The van der Waals surface area contributed by atoms with Crippen molar-refractivity contribution >= 4 is 27.6 Å². The van der Waals surface area contributed by atoms with Crippen LogP contribution in [-0.2, 0) is 10.3 Å². The normalized spacial score (nSPS) is 16.7. The van der Waals surface area contributed by atoms with Gasteiger partial charge in [0.15, 0.2) is 0 Å². The molecule has 7 heteroatoms. The maximum atomic E-state index is 6.57. The van der Waals surface area contributed by atoms with Crippen molar-refractivity contribution in [1.29, 1.82) is 0 Å². The summed E-state index contributed by atoms with van der Waals surface area (Å²) in [4.78, 5) is 4.98. The molecule has 2 aromatic carbocycles. The lowest BCUT2D eigenvalue weighted by Crippen LogP contribution is -2.29. The van der Waals surface area contributed by atoms with Gasteiger partial charge in [-0.1, -0.05) is 42.5 Å². The number of benzene rings is 2.